The number of rotatable bonds is 2. The third kappa shape index (κ3) is 2.30. The van der Waals surface area contributed by atoms with Crippen LogP contribution in [-0.4, -0.2) is 42.2 Å². The van der Waals surface area contributed by atoms with Crippen LogP contribution in [0.25, 0.3) is 0 Å². The molecule has 1 unspecified atom stereocenters. The van der Waals surface area contributed by atoms with Crippen molar-refractivity contribution in [2.24, 2.45) is 5.73 Å². The molecule has 1 amide bonds. The molecule has 86 valence electrons. The highest BCUT2D eigenvalue weighted by Crippen LogP contribution is 2.34. The van der Waals surface area contributed by atoms with Gasteiger partial charge in [-0.3, -0.25) is 9.63 Å². The van der Waals surface area contributed by atoms with Crippen LogP contribution in [0.3, 0.4) is 0 Å². The van der Waals surface area contributed by atoms with E-state index in [4.69, 9.17) is 10.6 Å². The summed E-state index contributed by atoms with van der Waals surface area (Å²) in [6, 6.07) is -0.0363. The number of carbonyl (C=O) groups is 1. The van der Waals surface area contributed by atoms with Gasteiger partial charge >= 0.3 is 0 Å². The largest absolute Gasteiger partial charge is 0.326 e. The standard InChI is InChI=1S/C10H19N3O2/c1-8(11)7-13-9(14)6-10(15-13)2-4-12-5-3-10/h8,12H,2-7,11H2,1H3. The van der Waals surface area contributed by atoms with E-state index in [-0.39, 0.29) is 17.6 Å². The van der Waals surface area contributed by atoms with E-state index in [9.17, 15) is 4.79 Å². The van der Waals surface area contributed by atoms with Crippen LogP contribution in [0, 0.1) is 0 Å². The molecule has 0 saturated carbocycles. The second-order valence-corrected chi connectivity index (χ2v) is 4.63. The molecule has 0 bridgehead atoms. The third-order valence-corrected chi connectivity index (χ3v) is 3.02. The minimum Gasteiger partial charge on any atom is -0.326 e. The Bertz CT molecular complexity index is 249. The summed E-state index contributed by atoms with van der Waals surface area (Å²) in [5.74, 6) is 0.0780. The van der Waals surface area contributed by atoms with Crippen molar-refractivity contribution in [3.8, 4) is 0 Å². The Kier molecular flexibility index (Phi) is 2.95. The maximum atomic E-state index is 11.7. The van der Waals surface area contributed by atoms with Gasteiger partial charge < -0.3 is 11.1 Å². The zero-order valence-electron chi connectivity index (χ0n) is 9.16. The summed E-state index contributed by atoms with van der Waals surface area (Å²) in [5, 5.41) is 4.73. The number of hydroxylamine groups is 2. The van der Waals surface area contributed by atoms with Gasteiger partial charge in [-0.1, -0.05) is 0 Å². The molecule has 3 N–H and O–H groups in total. The quantitative estimate of drug-likeness (QED) is 0.656. The number of nitrogens with one attached hydrogen (secondary N) is 1. The second kappa shape index (κ2) is 4.08. The first kappa shape index (κ1) is 10.9. The average Bonchev–Trinajstić information content (AvgIpc) is 2.43. The number of piperidine rings is 1. The van der Waals surface area contributed by atoms with Crippen molar-refractivity contribution in [2.45, 2.75) is 37.8 Å². The highest BCUT2D eigenvalue weighted by molar-refractivity contribution is 5.78. The fourth-order valence-corrected chi connectivity index (χ4v) is 2.23. The van der Waals surface area contributed by atoms with Gasteiger partial charge in [0.15, 0.2) is 0 Å². The van der Waals surface area contributed by atoms with Crippen molar-refractivity contribution in [2.75, 3.05) is 19.6 Å². The molecule has 0 aromatic heterocycles. The Morgan fingerprint density at radius 3 is 2.87 bits per heavy atom. The second-order valence-electron chi connectivity index (χ2n) is 4.63. The molecular weight excluding hydrogens is 194 g/mol. The van der Waals surface area contributed by atoms with Crippen LogP contribution in [0.2, 0.25) is 0 Å². The first-order valence-corrected chi connectivity index (χ1v) is 5.57. The number of hydrogen-bond acceptors (Lipinski definition) is 4. The van der Waals surface area contributed by atoms with Gasteiger partial charge in [-0.15, -0.1) is 0 Å². The highest BCUT2D eigenvalue weighted by Gasteiger charge is 2.45. The molecule has 2 rings (SSSR count). The van der Waals surface area contributed by atoms with Crippen LogP contribution in [-0.2, 0) is 9.63 Å². The van der Waals surface area contributed by atoms with Crippen molar-refractivity contribution in [1.29, 1.82) is 0 Å². The Balaban J connectivity index is 1.98. The number of nitrogens with zero attached hydrogens (tertiary/aromatic N) is 1. The van der Waals surface area contributed by atoms with Crippen molar-refractivity contribution in [1.82, 2.24) is 10.4 Å². The lowest BCUT2D eigenvalue weighted by molar-refractivity contribution is -0.206. The van der Waals surface area contributed by atoms with E-state index >= 15 is 0 Å². The average molecular weight is 213 g/mol. The fourth-order valence-electron chi connectivity index (χ4n) is 2.23. The van der Waals surface area contributed by atoms with E-state index in [0.29, 0.717) is 13.0 Å². The van der Waals surface area contributed by atoms with Crippen LogP contribution in [0.5, 0.6) is 0 Å². The smallest absolute Gasteiger partial charge is 0.249 e. The van der Waals surface area contributed by atoms with Crippen molar-refractivity contribution >= 4 is 5.91 Å². The maximum Gasteiger partial charge on any atom is 0.249 e. The van der Waals surface area contributed by atoms with Crippen LogP contribution in [0.1, 0.15) is 26.2 Å². The molecule has 2 aliphatic heterocycles. The number of hydrogen-bond donors (Lipinski definition) is 2. The Morgan fingerprint density at radius 2 is 2.27 bits per heavy atom. The summed E-state index contributed by atoms with van der Waals surface area (Å²) >= 11 is 0. The summed E-state index contributed by atoms with van der Waals surface area (Å²) < 4.78 is 0. The summed E-state index contributed by atoms with van der Waals surface area (Å²) in [7, 11) is 0. The van der Waals surface area contributed by atoms with E-state index < -0.39 is 0 Å². The zero-order valence-corrected chi connectivity index (χ0v) is 9.16. The minimum atomic E-state index is -0.239. The molecule has 2 fully saturated rings. The van der Waals surface area contributed by atoms with E-state index in [1.54, 1.807) is 0 Å². The first-order chi connectivity index (χ1) is 7.11. The predicted octanol–water partition coefficient (Wildman–Crippen LogP) is -0.380. The van der Waals surface area contributed by atoms with E-state index in [1.807, 2.05) is 6.92 Å². The molecule has 0 aromatic rings. The molecule has 5 heteroatoms. The van der Waals surface area contributed by atoms with Crippen molar-refractivity contribution < 1.29 is 9.63 Å². The first-order valence-electron chi connectivity index (χ1n) is 5.57. The van der Waals surface area contributed by atoms with Gasteiger partial charge in [0, 0.05) is 6.04 Å². The monoisotopic (exact) mass is 213 g/mol. The molecule has 2 heterocycles. The van der Waals surface area contributed by atoms with Crippen molar-refractivity contribution in [3.05, 3.63) is 0 Å². The molecule has 0 aliphatic carbocycles. The molecule has 15 heavy (non-hydrogen) atoms. The number of nitrogens with two attached hydrogens (primary N) is 1. The van der Waals surface area contributed by atoms with E-state index in [2.05, 4.69) is 5.32 Å². The van der Waals surface area contributed by atoms with Crippen LogP contribution < -0.4 is 11.1 Å². The molecule has 2 saturated heterocycles. The lowest BCUT2D eigenvalue weighted by atomic mass is 9.90. The summed E-state index contributed by atoms with van der Waals surface area (Å²) in [4.78, 5) is 17.5. The van der Waals surface area contributed by atoms with Gasteiger partial charge in [0.05, 0.1) is 13.0 Å². The molecule has 5 nitrogen and oxygen atoms in total. The minimum absolute atomic E-state index is 0.0363. The fraction of sp³-hybridized carbons (Fsp3) is 0.900. The van der Waals surface area contributed by atoms with Gasteiger partial charge in [0.25, 0.3) is 0 Å². The third-order valence-electron chi connectivity index (χ3n) is 3.02. The highest BCUT2D eigenvalue weighted by atomic mass is 16.7. The van der Waals surface area contributed by atoms with Gasteiger partial charge in [0.1, 0.15) is 5.60 Å². The van der Waals surface area contributed by atoms with Gasteiger partial charge in [0.2, 0.25) is 5.91 Å². The summed E-state index contributed by atoms with van der Waals surface area (Å²) in [6.45, 7) is 4.23. The Morgan fingerprint density at radius 1 is 1.60 bits per heavy atom. The summed E-state index contributed by atoms with van der Waals surface area (Å²) in [5.41, 5.74) is 5.43. The van der Waals surface area contributed by atoms with Crippen molar-refractivity contribution in [3.63, 3.8) is 0 Å². The molecule has 0 radical (unpaired) electrons. The predicted molar refractivity (Wildman–Crippen MR) is 55.9 cm³/mol. The SMILES string of the molecule is CC(N)CN1OC2(CCNCC2)CC1=O. The molecule has 2 aliphatic rings. The van der Waals surface area contributed by atoms with E-state index in [0.717, 1.165) is 25.9 Å². The van der Waals surface area contributed by atoms with Crippen LogP contribution in [0.15, 0.2) is 0 Å². The Hall–Kier alpha value is -0.650. The lowest BCUT2D eigenvalue weighted by Gasteiger charge is -2.32. The normalized spacial score (nSPS) is 27.3. The van der Waals surface area contributed by atoms with Gasteiger partial charge in [-0.25, -0.2) is 5.06 Å². The van der Waals surface area contributed by atoms with Crippen LogP contribution in [0.4, 0.5) is 0 Å². The number of carbonyl (C=O) groups excluding carboxylic acids is 1. The molecule has 1 atom stereocenters. The lowest BCUT2D eigenvalue weighted by Crippen LogP contribution is -2.43. The summed E-state index contributed by atoms with van der Waals surface area (Å²) in [6.07, 6.45) is 2.34. The van der Waals surface area contributed by atoms with Gasteiger partial charge in [-0.2, -0.15) is 0 Å². The number of amides is 1. The maximum absolute atomic E-state index is 11.7. The Labute approximate surface area is 89.9 Å². The zero-order chi connectivity index (χ0) is 10.9. The molecular formula is C10H19N3O2. The van der Waals surface area contributed by atoms with Gasteiger partial charge in [-0.05, 0) is 32.9 Å². The molecule has 1 spiro atoms. The topological polar surface area (TPSA) is 67.6 Å². The molecule has 0 aromatic carbocycles. The van der Waals surface area contributed by atoms with Crippen LogP contribution >= 0.6 is 0 Å². The van der Waals surface area contributed by atoms with E-state index in [1.165, 1.54) is 5.06 Å².